The van der Waals surface area contributed by atoms with Crippen molar-refractivity contribution in [3.8, 4) is 0 Å². The number of nitrogens with one attached hydrogen (secondary N) is 1. The van der Waals surface area contributed by atoms with E-state index in [9.17, 15) is 9.59 Å². The molecule has 0 aromatic heterocycles. The molecular formula is C10H18N2O4. The molecule has 1 N–H and O–H groups in total. The molecule has 1 aliphatic heterocycles. The van der Waals surface area contributed by atoms with Gasteiger partial charge >= 0.3 is 6.09 Å². The molecule has 0 radical (unpaired) electrons. The predicted octanol–water partition coefficient (Wildman–Crippen LogP) is 1.02. The average Bonchev–Trinajstić information content (AvgIpc) is 2.14. The second-order valence-electron chi connectivity index (χ2n) is 4.70. The van der Waals surface area contributed by atoms with Crippen molar-refractivity contribution in [2.24, 2.45) is 0 Å². The quantitative estimate of drug-likeness (QED) is 0.717. The second-order valence-corrected chi connectivity index (χ2v) is 4.70. The van der Waals surface area contributed by atoms with Gasteiger partial charge in [0.1, 0.15) is 5.78 Å². The highest BCUT2D eigenvalue weighted by molar-refractivity contribution is 5.81. The Morgan fingerprint density at radius 2 is 2.12 bits per heavy atom. The lowest BCUT2D eigenvalue weighted by Gasteiger charge is -2.25. The van der Waals surface area contributed by atoms with E-state index in [4.69, 9.17) is 9.68 Å². The number of carbonyl (C=O) groups excluding carboxylic acids is 2. The van der Waals surface area contributed by atoms with Crippen molar-refractivity contribution in [1.29, 1.82) is 0 Å². The van der Waals surface area contributed by atoms with Crippen molar-refractivity contribution in [1.82, 2.24) is 10.5 Å². The van der Waals surface area contributed by atoms with Crippen LogP contribution in [0.4, 0.5) is 4.79 Å². The summed E-state index contributed by atoms with van der Waals surface area (Å²) in [5, 5.41) is 1.34. The van der Waals surface area contributed by atoms with Gasteiger partial charge in [-0.2, -0.15) is 5.48 Å². The van der Waals surface area contributed by atoms with Crippen LogP contribution in [0, 0.1) is 0 Å². The number of amides is 1. The molecule has 0 atom stereocenters. The summed E-state index contributed by atoms with van der Waals surface area (Å²) < 4.78 is 0. The number of rotatable bonds is 2. The van der Waals surface area contributed by atoms with Gasteiger partial charge in [-0.05, 0) is 27.2 Å². The second kappa shape index (κ2) is 5.27. The number of nitrogens with zero attached hydrogens (tertiary/aromatic N) is 1. The van der Waals surface area contributed by atoms with Gasteiger partial charge < -0.3 is 4.84 Å². The van der Waals surface area contributed by atoms with Crippen LogP contribution in [0.2, 0.25) is 0 Å². The Kier molecular flexibility index (Phi) is 4.26. The van der Waals surface area contributed by atoms with Crippen LogP contribution in [0.15, 0.2) is 0 Å². The van der Waals surface area contributed by atoms with Gasteiger partial charge in [0.05, 0.1) is 12.1 Å². The van der Waals surface area contributed by atoms with Gasteiger partial charge in [-0.3, -0.25) is 9.63 Å². The Morgan fingerprint density at radius 3 is 2.69 bits per heavy atom. The van der Waals surface area contributed by atoms with E-state index < -0.39 is 11.7 Å². The molecule has 92 valence electrons. The molecule has 0 aliphatic carbocycles. The Balaban J connectivity index is 2.26. The lowest BCUT2D eigenvalue weighted by atomic mass is 10.1. The van der Waals surface area contributed by atoms with Gasteiger partial charge in [-0.15, -0.1) is 5.06 Å². The number of Topliss-reactive ketones (excluding diaryl/α,β-unsaturated/α-hetero) is 1. The minimum Gasteiger partial charge on any atom is -0.349 e. The van der Waals surface area contributed by atoms with Crippen molar-refractivity contribution < 1.29 is 19.3 Å². The molecule has 0 unspecified atom stereocenters. The third-order valence-corrected chi connectivity index (χ3v) is 1.87. The molecule has 0 aromatic carbocycles. The van der Waals surface area contributed by atoms with Crippen molar-refractivity contribution >= 4 is 11.9 Å². The maximum absolute atomic E-state index is 11.3. The zero-order chi connectivity index (χ0) is 12.2. The monoisotopic (exact) mass is 230 g/mol. The fraction of sp³-hybridized carbons (Fsp3) is 0.800. The first-order valence-electron chi connectivity index (χ1n) is 5.29. The van der Waals surface area contributed by atoms with Crippen LogP contribution in [-0.4, -0.2) is 35.6 Å². The molecule has 1 fully saturated rings. The third kappa shape index (κ3) is 5.09. The van der Waals surface area contributed by atoms with Crippen molar-refractivity contribution in [3.63, 3.8) is 0 Å². The summed E-state index contributed by atoms with van der Waals surface area (Å²) >= 11 is 0. The Labute approximate surface area is 94.8 Å². The van der Waals surface area contributed by atoms with Gasteiger partial charge in [0.25, 0.3) is 0 Å². The van der Waals surface area contributed by atoms with Gasteiger partial charge in [-0.1, -0.05) is 0 Å². The minimum atomic E-state index is -0.704. The summed E-state index contributed by atoms with van der Waals surface area (Å²) in [7, 11) is 0. The highest BCUT2D eigenvalue weighted by Crippen LogP contribution is 2.07. The van der Waals surface area contributed by atoms with E-state index in [1.807, 2.05) is 0 Å². The maximum Gasteiger partial charge on any atom is 0.450 e. The number of hydrogen-bond donors (Lipinski definition) is 1. The van der Waals surface area contributed by atoms with Crippen LogP contribution in [-0.2, 0) is 14.5 Å². The van der Waals surface area contributed by atoms with E-state index in [2.05, 4.69) is 5.48 Å². The van der Waals surface area contributed by atoms with E-state index in [1.165, 1.54) is 5.06 Å². The van der Waals surface area contributed by atoms with Crippen LogP contribution in [0.1, 0.15) is 33.6 Å². The van der Waals surface area contributed by atoms with Crippen LogP contribution in [0.3, 0.4) is 0 Å². The van der Waals surface area contributed by atoms with Gasteiger partial charge in [-0.25, -0.2) is 4.79 Å². The topological polar surface area (TPSA) is 67.9 Å². The van der Waals surface area contributed by atoms with E-state index in [0.29, 0.717) is 19.4 Å². The van der Waals surface area contributed by atoms with Gasteiger partial charge in [0, 0.05) is 13.0 Å². The van der Waals surface area contributed by atoms with Crippen molar-refractivity contribution in [3.05, 3.63) is 0 Å². The SMILES string of the molecule is CC(C)(C)ONC(=O)ON1CCCC(=O)C1. The Morgan fingerprint density at radius 1 is 1.44 bits per heavy atom. The Hall–Kier alpha value is -1.14. The summed E-state index contributed by atoms with van der Waals surface area (Å²) in [6.07, 6.45) is 0.566. The average molecular weight is 230 g/mol. The zero-order valence-corrected chi connectivity index (χ0v) is 9.91. The first kappa shape index (κ1) is 12.9. The molecule has 1 saturated heterocycles. The van der Waals surface area contributed by atoms with Crippen LogP contribution in [0.25, 0.3) is 0 Å². The fourth-order valence-corrected chi connectivity index (χ4v) is 1.22. The smallest absolute Gasteiger partial charge is 0.349 e. The summed E-state index contributed by atoms with van der Waals surface area (Å²) in [6.45, 7) is 6.14. The summed E-state index contributed by atoms with van der Waals surface area (Å²) in [5.74, 6) is 0.0794. The molecule has 0 bridgehead atoms. The van der Waals surface area contributed by atoms with Crippen LogP contribution < -0.4 is 5.48 Å². The predicted molar refractivity (Wildman–Crippen MR) is 56.3 cm³/mol. The normalized spacial score (nSPS) is 18.3. The van der Waals surface area contributed by atoms with Gasteiger partial charge in [0.15, 0.2) is 0 Å². The molecule has 0 saturated carbocycles. The summed E-state index contributed by atoms with van der Waals surface area (Å²) in [5.41, 5.74) is 1.70. The maximum atomic E-state index is 11.3. The molecular weight excluding hydrogens is 212 g/mol. The molecule has 6 heteroatoms. The minimum absolute atomic E-state index is 0.0794. The fourth-order valence-electron chi connectivity index (χ4n) is 1.22. The Bertz CT molecular complexity index is 272. The first-order valence-corrected chi connectivity index (χ1v) is 5.29. The van der Waals surface area contributed by atoms with Crippen LogP contribution in [0.5, 0.6) is 0 Å². The van der Waals surface area contributed by atoms with Crippen molar-refractivity contribution in [2.45, 2.75) is 39.2 Å². The van der Waals surface area contributed by atoms with E-state index in [0.717, 1.165) is 0 Å². The lowest BCUT2D eigenvalue weighted by molar-refractivity contribution is -0.154. The highest BCUT2D eigenvalue weighted by Gasteiger charge is 2.21. The van der Waals surface area contributed by atoms with E-state index in [1.54, 1.807) is 20.8 Å². The number of hydroxylamine groups is 3. The molecule has 6 nitrogen and oxygen atoms in total. The molecule has 1 heterocycles. The summed E-state index contributed by atoms with van der Waals surface area (Å²) in [6, 6.07) is 0. The molecule has 1 aliphatic rings. The largest absolute Gasteiger partial charge is 0.450 e. The lowest BCUT2D eigenvalue weighted by Crippen LogP contribution is -2.42. The van der Waals surface area contributed by atoms with Crippen LogP contribution >= 0.6 is 0 Å². The first-order chi connectivity index (χ1) is 7.37. The standard InChI is InChI=1S/C10H18N2O4/c1-10(2,3)16-11-9(14)15-12-6-4-5-8(13)7-12/h4-7H2,1-3H3,(H,11,14). The molecule has 16 heavy (non-hydrogen) atoms. The van der Waals surface area contributed by atoms with E-state index >= 15 is 0 Å². The van der Waals surface area contributed by atoms with E-state index in [-0.39, 0.29) is 12.3 Å². The number of carbonyl (C=O) groups is 2. The highest BCUT2D eigenvalue weighted by atomic mass is 16.8. The molecule has 0 aromatic rings. The van der Waals surface area contributed by atoms with Gasteiger partial charge in [0.2, 0.25) is 0 Å². The molecule has 0 spiro atoms. The number of ketones is 1. The number of hydrogen-bond acceptors (Lipinski definition) is 5. The molecule has 1 rings (SSSR count). The molecule has 1 amide bonds. The van der Waals surface area contributed by atoms with Crippen molar-refractivity contribution in [2.75, 3.05) is 13.1 Å². The summed E-state index contributed by atoms with van der Waals surface area (Å²) in [4.78, 5) is 32.3. The number of piperidine rings is 1. The zero-order valence-electron chi connectivity index (χ0n) is 9.91. The third-order valence-electron chi connectivity index (χ3n) is 1.87.